The van der Waals surface area contributed by atoms with Gasteiger partial charge < -0.3 is 0 Å². The topological polar surface area (TPSA) is 50.3 Å². The van der Waals surface area contributed by atoms with Gasteiger partial charge in [-0.15, -0.1) is 0 Å². The molecule has 0 radical (unpaired) electrons. The monoisotopic (exact) mass is 248 g/mol. The summed E-state index contributed by atoms with van der Waals surface area (Å²) in [7, 11) is -1.87. The number of pyridine rings is 1. The molecule has 1 aromatic heterocycles. The minimum atomic E-state index is -3.41. The number of rotatable bonds is 4. The summed E-state index contributed by atoms with van der Waals surface area (Å²) in [6.45, 7) is 2.41. The third kappa shape index (κ3) is 2.90. The van der Waals surface area contributed by atoms with Crippen molar-refractivity contribution in [2.75, 3.05) is 13.6 Å². The van der Waals surface area contributed by atoms with Crippen LogP contribution in [0.4, 0.5) is 0 Å². The van der Waals surface area contributed by atoms with Crippen molar-refractivity contribution < 1.29 is 8.42 Å². The van der Waals surface area contributed by atoms with Crippen LogP contribution >= 0.6 is 11.6 Å². The fraction of sp³-hybridized carbons (Fsp3) is 0.444. The molecule has 15 heavy (non-hydrogen) atoms. The second-order valence-electron chi connectivity index (χ2n) is 3.14. The number of halogens is 1. The van der Waals surface area contributed by atoms with E-state index in [0.717, 1.165) is 6.42 Å². The van der Waals surface area contributed by atoms with Gasteiger partial charge in [0.15, 0.2) is 0 Å². The lowest BCUT2D eigenvalue weighted by atomic mass is 10.5. The zero-order valence-corrected chi connectivity index (χ0v) is 10.2. The van der Waals surface area contributed by atoms with Gasteiger partial charge in [0.2, 0.25) is 10.0 Å². The van der Waals surface area contributed by atoms with Gasteiger partial charge >= 0.3 is 0 Å². The van der Waals surface area contributed by atoms with Crippen molar-refractivity contribution in [3.63, 3.8) is 0 Å². The number of hydrogen-bond acceptors (Lipinski definition) is 3. The first kappa shape index (κ1) is 12.4. The van der Waals surface area contributed by atoms with Crippen LogP contribution < -0.4 is 0 Å². The van der Waals surface area contributed by atoms with Gasteiger partial charge in [-0.25, -0.2) is 17.7 Å². The predicted octanol–water partition coefficient (Wildman–Crippen LogP) is 1.77. The molecule has 0 atom stereocenters. The maximum absolute atomic E-state index is 11.9. The highest BCUT2D eigenvalue weighted by molar-refractivity contribution is 7.89. The van der Waals surface area contributed by atoms with Crippen LogP contribution in [0.1, 0.15) is 13.3 Å². The van der Waals surface area contributed by atoms with Gasteiger partial charge in [0, 0.05) is 19.8 Å². The third-order valence-corrected chi connectivity index (χ3v) is 4.00. The van der Waals surface area contributed by atoms with Crippen LogP contribution in [0.3, 0.4) is 0 Å². The van der Waals surface area contributed by atoms with Crippen LogP contribution in [0.5, 0.6) is 0 Å². The zero-order chi connectivity index (χ0) is 11.5. The van der Waals surface area contributed by atoms with E-state index in [1.165, 1.54) is 22.6 Å². The van der Waals surface area contributed by atoms with Crippen LogP contribution in [0.25, 0.3) is 0 Å². The molecular formula is C9H13ClN2O2S. The van der Waals surface area contributed by atoms with Gasteiger partial charge in [0.25, 0.3) is 0 Å². The molecule has 0 unspecified atom stereocenters. The summed E-state index contributed by atoms with van der Waals surface area (Å²) < 4.78 is 25.1. The molecule has 1 rings (SSSR count). The van der Waals surface area contributed by atoms with E-state index in [4.69, 9.17) is 11.6 Å². The zero-order valence-electron chi connectivity index (χ0n) is 8.64. The second kappa shape index (κ2) is 4.92. The lowest BCUT2D eigenvalue weighted by Gasteiger charge is -2.15. The Hall–Kier alpha value is -0.650. The maximum atomic E-state index is 11.9. The SMILES string of the molecule is CCCN(C)S(=O)(=O)c1ccnc(Cl)c1. The predicted molar refractivity (Wildman–Crippen MR) is 59.4 cm³/mol. The third-order valence-electron chi connectivity index (χ3n) is 1.94. The highest BCUT2D eigenvalue weighted by Gasteiger charge is 2.19. The first-order valence-electron chi connectivity index (χ1n) is 4.56. The Balaban J connectivity index is 3.06. The quantitative estimate of drug-likeness (QED) is 0.763. The van der Waals surface area contributed by atoms with E-state index in [2.05, 4.69) is 4.98 Å². The standard InChI is InChI=1S/C9H13ClN2O2S/c1-3-6-12(2)15(13,14)8-4-5-11-9(10)7-8/h4-5,7H,3,6H2,1-2H3. The van der Waals surface area contributed by atoms with Gasteiger partial charge in [0.05, 0.1) is 4.90 Å². The Bertz CT molecular complexity index is 433. The molecule has 0 aliphatic carbocycles. The summed E-state index contributed by atoms with van der Waals surface area (Å²) >= 11 is 5.64. The van der Waals surface area contributed by atoms with Crippen molar-refractivity contribution >= 4 is 21.6 Å². The van der Waals surface area contributed by atoms with E-state index in [9.17, 15) is 8.42 Å². The Morgan fingerprint density at radius 1 is 1.53 bits per heavy atom. The molecule has 0 N–H and O–H groups in total. The van der Waals surface area contributed by atoms with E-state index < -0.39 is 10.0 Å². The molecule has 0 saturated carbocycles. The molecule has 0 aliphatic rings. The molecule has 1 aromatic rings. The van der Waals surface area contributed by atoms with Crippen molar-refractivity contribution in [1.29, 1.82) is 0 Å². The lowest BCUT2D eigenvalue weighted by molar-refractivity contribution is 0.468. The van der Waals surface area contributed by atoms with Gasteiger partial charge in [-0.1, -0.05) is 18.5 Å². The number of sulfonamides is 1. The minimum absolute atomic E-state index is 0.179. The van der Waals surface area contributed by atoms with E-state index in [-0.39, 0.29) is 10.0 Å². The normalized spacial score (nSPS) is 12.0. The number of hydrogen-bond donors (Lipinski definition) is 0. The summed E-state index contributed by atoms with van der Waals surface area (Å²) in [5.74, 6) is 0. The van der Waals surface area contributed by atoms with Crippen molar-refractivity contribution in [2.45, 2.75) is 18.2 Å². The summed E-state index contributed by atoms with van der Waals surface area (Å²) in [6, 6.07) is 2.79. The van der Waals surface area contributed by atoms with E-state index in [0.29, 0.717) is 6.54 Å². The first-order chi connectivity index (χ1) is 6.98. The summed E-state index contributed by atoms with van der Waals surface area (Å²) in [5.41, 5.74) is 0. The summed E-state index contributed by atoms with van der Waals surface area (Å²) in [4.78, 5) is 3.92. The van der Waals surface area contributed by atoms with Gasteiger partial charge in [0.1, 0.15) is 5.15 Å². The molecule has 84 valence electrons. The van der Waals surface area contributed by atoms with Crippen LogP contribution in [0.2, 0.25) is 5.15 Å². The maximum Gasteiger partial charge on any atom is 0.242 e. The molecule has 4 nitrogen and oxygen atoms in total. The minimum Gasteiger partial charge on any atom is -0.244 e. The van der Waals surface area contributed by atoms with Crippen LogP contribution in [0.15, 0.2) is 23.2 Å². The molecule has 0 saturated heterocycles. The molecule has 0 spiro atoms. The molecule has 0 aromatic carbocycles. The highest BCUT2D eigenvalue weighted by atomic mass is 35.5. The van der Waals surface area contributed by atoms with Crippen molar-refractivity contribution in [3.05, 3.63) is 23.5 Å². The number of nitrogens with zero attached hydrogens (tertiary/aromatic N) is 2. The smallest absolute Gasteiger partial charge is 0.242 e. The van der Waals surface area contributed by atoms with E-state index in [1.807, 2.05) is 6.92 Å². The van der Waals surface area contributed by atoms with E-state index in [1.54, 1.807) is 7.05 Å². The molecule has 0 bridgehead atoms. The van der Waals surface area contributed by atoms with E-state index >= 15 is 0 Å². The van der Waals surface area contributed by atoms with Gasteiger partial charge in [-0.05, 0) is 18.6 Å². The van der Waals surface area contributed by atoms with Gasteiger partial charge in [-0.2, -0.15) is 0 Å². The van der Waals surface area contributed by atoms with Crippen molar-refractivity contribution in [2.24, 2.45) is 0 Å². The molecule has 0 fully saturated rings. The fourth-order valence-corrected chi connectivity index (χ4v) is 2.67. The molecule has 6 heteroatoms. The highest BCUT2D eigenvalue weighted by Crippen LogP contribution is 2.16. The van der Waals surface area contributed by atoms with Crippen LogP contribution in [0, 0.1) is 0 Å². The largest absolute Gasteiger partial charge is 0.244 e. The number of aromatic nitrogens is 1. The van der Waals surface area contributed by atoms with Crippen molar-refractivity contribution in [3.8, 4) is 0 Å². The summed E-state index contributed by atoms with van der Waals surface area (Å²) in [6.07, 6.45) is 2.16. The lowest BCUT2D eigenvalue weighted by Crippen LogP contribution is -2.27. The van der Waals surface area contributed by atoms with Gasteiger partial charge in [-0.3, -0.25) is 0 Å². The average Bonchev–Trinajstić information content (AvgIpc) is 2.18. The van der Waals surface area contributed by atoms with Crippen molar-refractivity contribution in [1.82, 2.24) is 9.29 Å². The summed E-state index contributed by atoms with van der Waals surface area (Å²) in [5, 5.41) is 0.181. The Labute approximate surface area is 94.9 Å². The Kier molecular flexibility index (Phi) is 4.07. The molecule has 0 aliphatic heterocycles. The molecular weight excluding hydrogens is 236 g/mol. The van der Waals surface area contributed by atoms with Crippen LogP contribution in [-0.2, 0) is 10.0 Å². The second-order valence-corrected chi connectivity index (χ2v) is 5.57. The van der Waals surface area contributed by atoms with Crippen LogP contribution in [-0.4, -0.2) is 31.3 Å². The first-order valence-corrected chi connectivity index (χ1v) is 6.38. The molecule has 1 heterocycles. The Morgan fingerprint density at radius 3 is 2.73 bits per heavy atom. The Morgan fingerprint density at radius 2 is 2.20 bits per heavy atom. The fourth-order valence-electron chi connectivity index (χ4n) is 1.16. The molecule has 0 amide bonds. The average molecular weight is 249 g/mol.